The van der Waals surface area contributed by atoms with Gasteiger partial charge >= 0.3 is 0 Å². The average Bonchev–Trinajstić information content (AvgIpc) is 2.65. The zero-order chi connectivity index (χ0) is 24.3. The van der Waals surface area contributed by atoms with Crippen molar-refractivity contribution in [3.8, 4) is 0 Å². The van der Waals surface area contributed by atoms with Crippen LogP contribution in [0.25, 0.3) is 12.2 Å². The largest absolute Gasteiger partial charge is 0.326 e. The Morgan fingerprint density at radius 1 is 0.812 bits per heavy atom. The molecule has 172 valence electrons. The molecule has 0 unspecified atom stereocenters. The molecule has 0 saturated carbocycles. The summed E-state index contributed by atoms with van der Waals surface area (Å²) < 4.78 is 66.3. The first-order valence-electron chi connectivity index (χ1n) is 9.18. The van der Waals surface area contributed by atoms with Gasteiger partial charge in [0.1, 0.15) is 9.79 Å². The minimum absolute atomic E-state index is 0.0000712. The van der Waals surface area contributed by atoms with Gasteiger partial charge in [-0.05, 0) is 35.4 Å². The topological polar surface area (TPSA) is 167 Å². The molecular weight excluding hydrogens is 460 g/mol. The van der Waals surface area contributed by atoms with Gasteiger partial charge in [0.2, 0.25) is 11.8 Å². The molecule has 32 heavy (non-hydrogen) atoms. The van der Waals surface area contributed by atoms with Gasteiger partial charge in [0.05, 0.1) is 0 Å². The predicted molar refractivity (Wildman–Crippen MR) is 119 cm³/mol. The second-order valence-corrected chi connectivity index (χ2v) is 9.89. The minimum Gasteiger partial charge on any atom is -0.326 e. The Balaban J connectivity index is 2.53. The number of amides is 2. The molecule has 0 radical (unpaired) electrons. The second kappa shape index (κ2) is 9.61. The Kier molecular flexibility index (Phi) is 7.57. The molecule has 2 aromatic rings. The first-order valence-corrected chi connectivity index (χ1v) is 12.1. The standard InChI is InChI=1S/C20H22N2O8S2/c1-12(2)20(24)22-17-9-7-15(19(11-17)32(28,29)30)5-4-14-6-8-16(21-13(3)23)10-18(14)31(25,26)27/h4-12H,1-3H3,(H,21,23)(H,22,24)(H,25,26,27)(H,28,29,30)/b5-4+. The molecule has 0 aromatic heterocycles. The molecule has 2 amide bonds. The van der Waals surface area contributed by atoms with E-state index in [0.717, 1.165) is 12.1 Å². The van der Waals surface area contributed by atoms with Crippen LogP contribution >= 0.6 is 0 Å². The molecule has 0 spiro atoms. The fourth-order valence-electron chi connectivity index (χ4n) is 2.62. The van der Waals surface area contributed by atoms with Crippen molar-refractivity contribution < 1.29 is 35.5 Å². The van der Waals surface area contributed by atoms with Crippen LogP contribution in [-0.4, -0.2) is 37.8 Å². The van der Waals surface area contributed by atoms with Crippen LogP contribution in [0, 0.1) is 5.92 Å². The number of benzene rings is 2. The maximum absolute atomic E-state index is 11.9. The molecule has 4 N–H and O–H groups in total. The molecule has 0 saturated heterocycles. The summed E-state index contributed by atoms with van der Waals surface area (Å²) >= 11 is 0. The molecule has 0 heterocycles. The summed E-state index contributed by atoms with van der Waals surface area (Å²) in [6.45, 7) is 4.53. The monoisotopic (exact) mass is 482 g/mol. The van der Waals surface area contributed by atoms with Gasteiger partial charge in [-0.15, -0.1) is 0 Å². The summed E-state index contributed by atoms with van der Waals surface area (Å²) in [4.78, 5) is 22.0. The normalized spacial score (nSPS) is 12.2. The number of hydrogen-bond donors (Lipinski definition) is 4. The van der Waals surface area contributed by atoms with Crippen molar-refractivity contribution >= 4 is 55.6 Å². The van der Waals surface area contributed by atoms with E-state index >= 15 is 0 Å². The van der Waals surface area contributed by atoms with Crippen LogP contribution in [0.1, 0.15) is 31.9 Å². The van der Waals surface area contributed by atoms with E-state index < -0.39 is 35.9 Å². The maximum Gasteiger partial charge on any atom is 0.295 e. The van der Waals surface area contributed by atoms with E-state index in [-0.39, 0.29) is 34.3 Å². The SMILES string of the molecule is CC(=O)Nc1ccc(/C=C/c2ccc(NC(=O)C(C)C)cc2S(=O)(=O)O)c(S(=O)(=O)O)c1. The van der Waals surface area contributed by atoms with E-state index in [1.807, 2.05) is 0 Å². The van der Waals surface area contributed by atoms with Crippen LogP contribution in [0.3, 0.4) is 0 Å². The number of anilines is 2. The lowest BCUT2D eigenvalue weighted by atomic mass is 10.1. The summed E-state index contributed by atoms with van der Waals surface area (Å²) in [5.74, 6) is -1.16. The highest BCUT2D eigenvalue weighted by molar-refractivity contribution is 7.86. The van der Waals surface area contributed by atoms with Crippen molar-refractivity contribution in [1.29, 1.82) is 0 Å². The van der Waals surface area contributed by atoms with Gasteiger partial charge in [0.15, 0.2) is 0 Å². The molecule has 0 bridgehead atoms. The van der Waals surface area contributed by atoms with Crippen molar-refractivity contribution in [2.75, 3.05) is 10.6 Å². The molecule has 0 aliphatic heterocycles. The number of carbonyl (C=O) groups is 2. The average molecular weight is 483 g/mol. The Bertz CT molecular complexity index is 1300. The van der Waals surface area contributed by atoms with Gasteiger partial charge in [-0.1, -0.05) is 38.1 Å². The van der Waals surface area contributed by atoms with Crippen LogP contribution in [-0.2, 0) is 29.8 Å². The van der Waals surface area contributed by atoms with Gasteiger partial charge in [-0.2, -0.15) is 16.8 Å². The molecule has 2 rings (SSSR count). The number of rotatable bonds is 7. The van der Waals surface area contributed by atoms with Crippen LogP contribution < -0.4 is 10.6 Å². The van der Waals surface area contributed by atoms with Crippen molar-refractivity contribution in [3.05, 3.63) is 47.5 Å². The molecule has 0 fully saturated rings. The predicted octanol–water partition coefficient (Wildman–Crippen LogP) is 2.90. The Morgan fingerprint density at radius 3 is 1.56 bits per heavy atom. The van der Waals surface area contributed by atoms with Gasteiger partial charge < -0.3 is 10.6 Å². The fraction of sp³-hybridized carbons (Fsp3) is 0.200. The summed E-state index contributed by atoms with van der Waals surface area (Å²) in [7, 11) is -9.37. The summed E-state index contributed by atoms with van der Waals surface area (Å²) in [5, 5.41) is 4.91. The van der Waals surface area contributed by atoms with Crippen molar-refractivity contribution in [2.24, 2.45) is 5.92 Å². The zero-order valence-electron chi connectivity index (χ0n) is 17.4. The maximum atomic E-state index is 11.9. The summed E-state index contributed by atoms with van der Waals surface area (Å²) in [6.07, 6.45) is 2.44. The molecule has 0 aliphatic rings. The summed E-state index contributed by atoms with van der Waals surface area (Å²) in [5.41, 5.74) is 0.278. The minimum atomic E-state index is -4.69. The third-order valence-corrected chi connectivity index (χ3v) is 5.96. The Morgan fingerprint density at radius 2 is 1.22 bits per heavy atom. The van der Waals surface area contributed by atoms with Gasteiger partial charge in [0.25, 0.3) is 20.2 Å². The lowest BCUT2D eigenvalue weighted by Gasteiger charge is -2.11. The molecule has 2 aromatic carbocycles. The van der Waals surface area contributed by atoms with E-state index in [1.54, 1.807) is 13.8 Å². The van der Waals surface area contributed by atoms with Crippen molar-refractivity contribution in [1.82, 2.24) is 0 Å². The lowest BCUT2D eigenvalue weighted by Crippen LogP contribution is -2.18. The molecular formula is C20H22N2O8S2. The van der Waals surface area contributed by atoms with E-state index in [2.05, 4.69) is 10.6 Å². The quantitative estimate of drug-likeness (QED) is 0.345. The third kappa shape index (κ3) is 6.72. The fourth-order valence-corrected chi connectivity index (χ4v) is 4.04. The number of carbonyl (C=O) groups excluding carboxylic acids is 2. The van der Waals surface area contributed by atoms with Crippen LogP contribution in [0.15, 0.2) is 46.2 Å². The first-order chi connectivity index (χ1) is 14.7. The molecule has 12 heteroatoms. The molecule has 0 aliphatic carbocycles. The number of hydrogen-bond acceptors (Lipinski definition) is 6. The zero-order valence-corrected chi connectivity index (χ0v) is 19.0. The summed E-state index contributed by atoms with van der Waals surface area (Å²) in [6, 6.07) is 7.54. The van der Waals surface area contributed by atoms with Crippen molar-refractivity contribution in [2.45, 2.75) is 30.6 Å². The van der Waals surface area contributed by atoms with Gasteiger partial charge in [-0.25, -0.2) is 0 Å². The highest BCUT2D eigenvalue weighted by atomic mass is 32.2. The van der Waals surface area contributed by atoms with E-state index in [0.29, 0.717) is 0 Å². The smallest absolute Gasteiger partial charge is 0.295 e. The third-order valence-electron chi connectivity index (χ3n) is 4.14. The van der Waals surface area contributed by atoms with E-state index in [4.69, 9.17) is 0 Å². The molecule has 10 nitrogen and oxygen atoms in total. The van der Waals surface area contributed by atoms with E-state index in [9.17, 15) is 35.5 Å². The van der Waals surface area contributed by atoms with Crippen LogP contribution in [0.5, 0.6) is 0 Å². The Hall–Kier alpha value is -3.06. The Labute approximate surface area is 185 Å². The number of nitrogens with one attached hydrogen (secondary N) is 2. The van der Waals surface area contributed by atoms with Crippen molar-refractivity contribution in [3.63, 3.8) is 0 Å². The van der Waals surface area contributed by atoms with E-state index in [1.165, 1.54) is 43.3 Å². The highest BCUT2D eigenvalue weighted by Gasteiger charge is 2.18. The first kappa shape index (κ1) is 25.2. The van der Waals surface area contributed by atoms with Gasteiger partial charge in [-0.3, -0.25) is 18.7 Å². The van der Waals surface area contributed by atoms with Gasteiger partial charge in [0, 0.05) is 24.2 Å². The van der Waals surface area contributed by atoms with Crippen LogP contribution in [0.4, 0.5) is 11.4 Å². The lowest BCUT2D eigenvalue weighted by molar-refractivity contribution is -0.119. The highest BCUT2D eigenvalue weighted by Crippen LogP contribution is 2.26. The van der Waals surface area contributed by atoms with Crippen LogP contribution in [0.2, 0.25) is 0 Å². The second-order valence-electron chi connectivity index (χ2n) is 7.11. The molecule has 0 atom stereocenters.